The van der Waals surface area contributed by atoms with E-state index in [1.54, 1.807) is 13.0 Å². The molecule has 0 bridgehead atoms. The van der Waals surface area contributed by atoms with Crippen LogP contribution in [0.2, 0.25) is 0 Å². The predicted molar refractivity (Wildman–Crippen MR) is 77.3 cm³/mol. The van der Waals surface area contributed by atoms with Crippen LogP contribution in [0, 0.1) is 5.82 Å². The molecular formula is C15H23FN2O2. The molecule has 0 aromatic heterocycles. The molecule has 1 atom stereocenters. The first-order chi connectivity index (χ1) is 9.63. The summed E-state index contributed by atoms with van der Waals surface area (Å²) >= 11 is 0. The summed E-state index contributed by atoms with van der Waals surface area (Å²) in [7, 11) is 0. The molecule has 1 saturated heterocycles. The number of anilines is 1. The fourth-order valence-corrected chi connectivity index (χ4v) is 2.73. The second kappa shape index (κ2) is 7.02. The molecule has 0 amide bonds. The molecule has 1 aliphatic rings. The van der Waals surface area contributed by atoms with Gasteiger partial charge in [0.1, 0.15) is 5.82 Å². The zero-order chi connectivity index (χ0) is 14.5. The van der Waals surface area contributed by atoms with Gasteiger partial charge in [0.2, 0.25) is 0 Å². The minimum Gasteiger partial charge on any atom is -0.394 e. The van der Waals surface area contributed by atoms with Gasteiger partial charge in [-0.1, -0.05) is 6.07 Å². The van der Waals surface area contributed by atoms with Gasteiger partial charge in [-0.3, -0.25) is 0 Å². The van der Waals surface area contributed by atoms with Crippen molar-refractivity contribution in [3.8, 4) is 0 Å². The largest absolute Gasteiger partial charge is 0.394 e. The maximum absolute atomic E-state index is 13.9. The van der Waals surface area contributed by atoms with Crippen molar-refractivity contribution >= 4 is 5.69 Å². The van der Waals surface area contributed by atoms with E-state index in [9.17, 15) is 4.39 Å². The van der Waals surface area contributed by atoms with Crippen LogP contribution in [0.25, 0.3) is 0 Å². The van der Waals surface area contributed by atoms with E-state index in [-0.39, 0.29) is 24.6 Å². The van der Waals surface area contributed by atoms with Gasteiger partial charge in [0.25, 0.3) is 0 Å². The highest BCUT2D eigenvalue weighted by Gasteiger charge is 2.23. The summed E-state index contributed by atoms with van der Waals surface area (Å²) in [5, 5.41) is 8.76. The lowest BCUT2D eigenvalue weighted by atomic mass is 10.0. The van der Waals surface area contributed by atoms with Gasteiger partial charge < -0.3 is 20.5 Å². The van der Waals surface area contributed by atoms with Crippen molar-refractivity contribution in [1.29, 1.82) is 0 Å². The maximum atomic E-state index is 13.9. The fraction of sp³-hybridized carbons (Fsp3) is 0.600. The summed E-state index contributed by atoms with van der Waals surface area (Å²) in [5.41, 5.74) is 7.37. The van der Waals surface area contributed by atoms with E-state index < -0.39 is 0 Å². The minimum absolute atomic E-state index is 0.0545. The van der Waals surface area contributed by atoms with E-state index in [0.717, 1.165) is 31.6 Å². The van der Waals surface area contributed by atoms with Gasteiger partial charge in [-0.05, 0) is 31.9 Å². The number of ether oxygens (including phenoxy) is 1. The molecule has 1 fully saturated rings. The molecule has 1 heterocycles. The Labute approximate surface area is 119 Å². The highest BCUT2D eigenvalue weighted by molar-refractivity contribution is 5.55. The van der Waals surface area contributed by atoms with Crippen LogP contribution in [0.15, 0.2) is 18.2 Å². The number of aliphatic hydroxyl groups is 1. The molecule has 112 valence electrons. The Kier molecular flexibility index (Phi) is 5.34. The average molecular weight is 282 g/mol. The van der Waals surface area contributed by atoms with Gasteiger partial charge in [0.15, 0.2) is 0 Å². The first kappa shape index (κ1) is 15.2. The predicted octanol–water partition coefficient (Wildman–Crippen LogP) is 1.82. The standard InChI is InChI=1S/C15H23FN2O2/c1-11(17)15-13(16)3-2-4-14(15)18-7-5-12(6-8-18)20-10-9-19/h2-4,11-12,19H,5-10,17H2,1H3. The number of rotatable bonds is 5. The first-order valence-corrected chi connectivity index (χ1v) is 7.15. The molecule has 2 rings (SSSR count). The van der Waals surface area contributed by atoms with Gasteiger partial charge in [-0.2, -0.15) is 0 Å². The molecule has 0 radical (unpaired) electrons. The zero-order valence-corrected chi connectivity index (χ0v) is 11.9. The lowest BCUT2D eigenvalue weighted by Crippen LogP contribution is -2.38. The van der Waals surface area contributed by atoms with Crippen molar-refractivity contribution < 1.29 is 14.2 Å². The molecule has 3 N–H and O–H groups in total. The van der Waals surface area contributed by atoms with Gasteiger partial charge in [0, 0.05) is 30.4 Å². The van der Waals surface area contributed by atoms with E-state index in [1.165, 1.54) is 6.07 Å². The Morgan fingerprint density at radius 3 is 2.75 bits per heavy atom. The third kappa shape index (κ3) is 3.48. The van der Waals surface area contributed by atoms with Crippen LogP contribution in [0.5, 0.6) is 0 Å². The molecule has 0 saturated carbocycles. The Balaban J connectivity index is 2.05. The van der Waals surface area contributed by atoms with Gasteiger partial charge in [-0.15, -0.1) is 0 Å². The highest BCUT2D eigenvalue weighted by Crippen LogP contribution is 2.30. The van der Waals surface area contributed by atoms with Gasteiger partial charge >= 0.3 is 0 Å². The molecule has 1 unspecified atom stereocenters. The Morgan fingerprint density at radius 1 is 1.45 bits per heavy atom. The van der Waals surface area contributed by atoms with Crippen molar-refractivity contribution in [2.45, 2.75) is 31.9 Å². The van der Waals surface area contributed by atoms with Crippen LogP contribution in [0.4, 0.5) is 10.1 Å². The smallest absolute Gasteiger partial charge is 0.130 e. The minimum atomic E-state index is -0.324. The van der Waals surface area contributed by atoms with Gasteiger partial charge in [0.05, 0.1) is 19.3 Å². The van der Waals surface area contributed by atoms with E-state index >= 15 is 0 Å². The van der Waals surface area contributed by atoms with Crippen LogP contribution >= 0.6 is 0 Å². The van der Waals surface area contributed by atoms with Gasteiger partial charge in [-0.25, -0.2) is 4.39 Å². The number of benzene rings is 1. The molecular weight excluding hydrogens is 259 g/mol. The topological polar surface area (TPSA) is 58.7 Å². The third-order valence-electron chi connectivity index (χ3n) is 3.71. The molecule has 0 spiro atoms. The molecule has 1 aromatic carbocycles. The molecule has 5 heteroatoms. The van der Waals surface area contributed by atoms with E-state index in [2.05, 4.69) is 4.90 Å². The highest BCUT2D eigenvalue weighted by atomic mass is 19.1. The second-order valence-electron chi connectivity index (χ2n) is 5.24. The van der Waals surface area contributed by atoms with Crippen molar-refractivity contribution in [3.63, 3.8) is 0 Å². The Hall–Kier alpha value is -1.17. The van der Waals surface area contributed by atoms with E-state index in [1.807, 2.05) is 6.07 Å². The van der Waals surface area contributed by atoms with E-state index in [0.29, 0.717) is 12.2 Å². The number of halogens is 1. The molecule has 20 heavy (non-hydrogen) atoms. The van der Waals surface area contributed by atoms with Crippen LogP contribution in [0.1, 0.15) is 31.4 Å². The summed E-state index contributed by atoms with van der Waals surface area (Å²) in [5.74, 6) is -0.240. The van der Waals surface area contributed by atoms with Crippen LogP contribution in [-0.2, 0) is 4.74 Å². The number of hydrogen-bond donors (Lipinski definition) is 2. The summed E-state index contributed by atoms with van der Waals surface area (Å²) in [6.45, 7) is 3.88. The SMILES string of the molecule is CC(N)c1c(F)cccc1N1CCC(OCCO)CC1. The summed E-state index contributed by atoms with van der Waals surface area (Å²) in [4.78, 5) is 2.17. The molecule has 1 aromatic rings. The summed E-state index contributed by atoms with van der Waals surface area (Å²) < 4.78 is 19.5. The third-order valence-corrected chi connectivity index (χ3v) is 3.71. The number of nitrogens with two attached hydrogens (primary N) is 1. The maximum Gasteiger partial charge on any atom is 0.130 e. The second-order valence-corrected chi connectivity index (χ2v) is 5.24. The van der Waals surface area contributed by atoms with Crippen molar-refractivity contribution in [1.82, 2.24) is 0 Å². The number of piperidine rings is 1. The zero-order valence-electron chi connectivity index (χ0n) is 11.9. The Morgan fingerprint density at radius 2 is 2.15 bits per heavy atom. The van der Waals surface area contributed by atoms with Crippen LogP contribution in [-0.4, -0.2) is 37.5 Å². The average Bonchev–Trinajstić information content (AvgIpc) is 2.45. The normalized spacial score (nSPS) is 18.3. The lowest BCUT2D eigenvalue weighted by Gasteiger charge is -2.35. The van der Waals surface area contributed by atoms with Crippen molar-refractivity contribution in [3.05, 3.63) is 29.6 Å². The monoisotopic (exact) mass is 282 g/mol. The Bertz CT molecular complexity index is 432. The lowest BCUT2D eigenvalue weighted by molar-refractivity contribution is 0.0159. The number of aliphatic hydroxyl groups excluding tert-OH is 1. The number of nitrogens with zero attached hydrogens (tertiary/aromatic N) is 1. The summed E-state index contributed by atoms with van der Waals surface area (Å²) in [6.07, 6.45) is 1.95. The van der Waals surface area contributed by atoms with Crippen LogP contribution in [0.3, 0.4) is 0 Å². The van der Waals surface area contributed by atoms with E-state index in [4.69, 9.17) is 15.6 Å². The van der Waals surface area contributed by atoms with Crippen molar-refractivity contribution in [2.75, 3.05) is 31.2 Å². The first-order valence-electron chi connectivity index (χ1n) is 7.15. The summed E-state index contributed by atoms with van der Waals surface area (Å²) in [6, 6.07) is 4.79. The fourth-order valence-electron chi connectivity index (χ4n) is 2.73. The molecule has 4 nitrogen and oxygen atoms in total. The molecule has 0 aliphatic carbocycles. The van der Waals surface area contributed by atoms with Crippen LogP contribution < -0.4 is 10.6 Å². The van der Waals surface area contributed by atoms with Crippen molar-refractivity contribution in [2.24, 2.45) is 5.73 Å². The quantitative estimate of drug-likeness (QED) is 0.865. The number of hydrogen-bond acceptors (Lipinski definition) is 4. The molecule has 1 aliphatic heterocycles.